The van der Waals surface area contributed by atoms with Gasteiger partial charge < -0.3 is 9.42 Å². The summed E-state index contributed by atoms with van der Waals surface area (Å²) in [5, 5.41) is 4.00. The first-order chi connectivity index (χ1) is 14.7. The second kappa shape index (κ2) is 9.32. The third-order valence-electron chi connectivity index (χ3n) is 5.19. The molecule has 2 aromatic carbocycles. The maximum Gasteiger partial charge on any atom is 0.416 e. The van der Waals surface area contributed by atoms with Crippen molar-refractivity contribution < 1.29 is 22.5 Å². The van der Waals surface area contributed by atoms with Crippen molar-refractivity contribution in [1.29, 1.82) is 0 Å². The topological polar surface area (TPSA) is 59.2 Å². The molecule has 1 aromatic heterocycles. The predicted octanol–water partition coefficient (Wildman–Crippen LogP) is 5.55. The van der Waals surface area contributed by atoms with Crippen LogP contribution in [-0.4, -0.2) is 33.5 Å². The molecule has 0 saturated carbocycles. The molecule has 5 nitrogen and oxygen atoms in total. The number of hydrogen-bond acceptors (Lipinski definition) is 4. The first kappa shape index (κ1) is 22.5. The van der Waals surface area contributed by atoms with Gasteiger partial charge in [-0.25, -0.2) is 0 Å². The zero-order chi connectivity index (χ0) is 22.6. The van der Waals surface area contributed by atoms with Gasteiger partial charge in [0.15, 0.2) is 0 Å². The minimum Gasteiger partial charge on any atom is -0.339 e. The summed E-state index contributed by atoms with van der Waals surface area (Å²) in [5.74, 6) is 0.532. The van der Waals surface area contributed by atoms with Crippen LogP contribution in [0.4, 0.5) is 13.2 Å². The van der Waals surface area contributed by atoms with E-state index in [4.69, 9.17) is 4.52 Å². The molecule has 0 aliphatic rings. The molecular weight excluding hydrogens is 407 g/mol. The van der Waals surface area contributed by atoms with Gasteiger partial charge in [-0.3, -0.25) is 4.79 Å². The van der Waals surface area contributed by atoms with Gasteiger partial charge >= 0.3 is 6.18 Å². The normalized spacial score (nSPS) is 12.6. The average molecular weight is 431 g/mol. The molecule has 0 radical (unpaired) electrons. The minimum atomic E-state index is -4.44. The van der Waals surface area contributed by atoms with E-state index in [2.05, 4.69) is 10.1 Å². The van der Waals surface area contributed by atoms with Crippen LogP contribution in [0, 0.1) is 6.92 Å². The van der Waals surface area contributed by atoms with Crippen LogP contribution in [0.1, 0.15) is 47.6 Å². The number of carbonyl (C=O) groups is 1. The number of rotatable bonds is 7. The molecule has 3 rings (SSSR count). The highest BCUT2D eigenvalue weighted by atomic mass is 19.4. The number of halogens is 3. The highest BCUT2D eigenvalue weighted by molar-refractivity contribution is 5.94. The number of hydrogen-bond donors (Lipinski definition) is 0. The van der Waals surface area contributed by atoms with Crippen LogP contribution < -0.4 is 0 Å². The monoisotopic (exact) mass is 431 g/mol. The molecule has 0 unspecified atom stereocenters. The smallest absolute Gasteiger partial charge is 0.339 e. The summed E-state index contributed by atoms with van der Waals surface area (Å²) in [4.78, 5) is 19.0. The fourth-order valence-corrected chi connectivity index (χ4v) is 3.10. The number of amides is 1. The number of aryl methyl sites for hydroxylation is 1. The molecule has 0 N–H and O–H groups in total. The highest BCUT2D eigenvalue weighted by Crippen LogP contribution is 2.29. The Morgan fingerprint density at radius 3 is 2.32 bits per heavy atom. The first-order valence-electron chi connectivity index (χ1n) is 10.1. The van der Waals surface area contributed by atoms with E-state index in [9.17, 15) is 18.0 Å². The molecule has 0 aliphatic carbocycles. The largest absolute Gasteiger partial charge is 0.416 e. The van der Waals surface area contributed by atoms with Crippen molar-refractivity contribution in [2.45, 2.75) is 45.8 Å². The highest BCUT2D eigenvalue weighted by Gasteiger charge is 2.30. The van der Waals surface area contributed by atoms with E-state index in [1.165, 1.54) is 12.1 Å². The molecule has 0 aliphatic heterocycles. The molecule has 3 aromatic rings. The Hall–Kier alpha value is -3.16. The molecule has 1 amide bonds. The Labute approximate surface area is 178 Å². The number of benzene rings is 2. The summed E-state index contributed by atoms with van der Waals surface area (Å²) < 4.78 is 43.7. The molecule has 0 bridgehead atoms. The Kier molecular flexibility index (Phi) is 6.77. The Morgan fingerprint density at radius 2 is 1.74 bits per heavy atom. The van der Waals surface area contributed by atoms with Crippen molar-refractivity contribution in [3.63, 3.8) is 0 Å². The van der Waals surface area contributed by atoms with Crippen LogP contribution >= 0.6 is 0 Å². The van der Waals surface area contributed by atoms with E-state index in [-0.39, 0.29) is 17.5 Å². The van der Waals surface area contributed by atoms with Gasteiger partial charge in [-0.2, -0.15) is 18.2 Å². The summed E-state index contributed by atoms with van der Waals surface area (Å²) >= 11 is 0. The van der Waals surface area contributed by atoms with E-state index in [0.717, 1.165) is 23.3 Å². The van der Waals surface area contributed by atoms with Gasteiger partial charge in [-0.15, -0.1) is 0 Å². The van der Waals surface area contributed by atoms with E-state index < -0.39 is 11.7 Å². The summed E-state index contributed by atoms with van der Waals surface area (Å²) in [7, 11) is 0. The van der Waals surface area contributed by atoms with Gasteiger partial charge in [0.05, 0.1) is 5.56 Å². The van der Waals surface area contributed by atoms with Crippen molar-refractivity contribution in [2.75, 3.05) is 6.54 Å². The fraction of sp³-hybridized carbons (Fsp3) is 0.348. The van der Waals surface area contributed by atoms with E-state index in [0.29, 0.717) is 31.1 Å². The van der Waals surface area contributed by atoms with Crippen LogP contribution in [-0.2, 0) is 12.6 Å². The summed E-state index contributed by atoms with van der Waals surface area (Å²) in [6.07, 6.45) is -3.40. The van der Waals surface area contributed by atoms with E-state index in [1.54, 1.807) is 4.90 Å². The lowest BCUT2D eigenvalue weighted by molar-refractivity contribution is -0.137. The Morgan fingerprint density at radius 1 is 1.10 bits per heavy atom. The number of alkyl halides is 3. The zero-order valence-corrected chi connectivity index (χ0v) is 17.6. The van der Waals surface area contributed by atoms with Crippen LogP contribution in [0.15, 0.2) is 53.1 Å². The van der Waals surface area contributed by atoms with Gasteiger partial charge in [0.25, 0.3) is 5.91 Å². The van der Waals surface area contributed by atoms with E-state index >= 15 is 0 Å². The van der Waals surface area contributed by atoms with Crippen molar-refractivity contribution >= 4 is 5.91 Å². The van der Waals surface area contributed by atoms with Gasteiger partial charge in [0.2, 0.25) is 11.7 Å². The second-order valence-electron chi connectivity index (χ2n) is 7.46. The zero-order valence-electron chi connectivity index (χ0n) is 17.6. The molecule has 0 spiro atoms. The maximum absolute atomic E-state index is 13.0. The van der Waals surface area contributed by atoms with Crippen molar-refractivity contribution in [2.24, 2.45) is 0 Å². The number of aromatic nitrogens is 2. The summed E-state index contributed by atoms with van der Waals surface area (Å²) in [6.45, 7) is 6.14. The first-order valence-corrected chi connectivity index (χ1v) is 10.1. The average Bonchev–Trinajstić information content (AvgIpc) is 3.22. The molecular formula is C23H24F3N3O2. The SMILES string of the molecule is CC[C@@H](C)N(CCc1nc(-c2ccc(C)cc2)no1)C(=O)c1ccc(C(F)(F)F)cc1. The molecule has 164 valence electrons. The predicted molar refractivity (Wildman–Crippen MR) is 110 cm³/mol. The van der Waals surface area contributed by atoms with Gasteiger partial charge in [0.1, 0.15) is 0 Å². The van der Waals surface area contributed by atoms with Crippen LogP contribution in [0.5, 0.6) is 0 Å². The minimum absolute atomic E-state index is 0.103. The fourth-order valence-electron chi connectivity index (χ4n) is 3.10. The van der Waals surface area contributed by atoms with Crippen molar-refractivity contribution in [3.8, 4) is 11.4 Å². The standard InChI is InChI=1S/C23H24F3N3O2/c1-4-16(3)29(22(30)18-9-11-19(12-10-18)23(24,25)26)14-13-20-27-21(28-31-20)17-7-5-15(2)6-8-17/h5-12,16H,4,13-14H2,1-3H3/t16-/m1/s1. The van der Waals surface area contributed by atoms with Gasteiger partial charge in [-0.05, 0) is 44.5 Å². The van der Waals surface area contributed by atoms with Crippen molar-refractivity contribution in [3.05, 3.63) is 71.1 Å². The van der Waals surface area contributed by atoms with Crippen LogP contribution in [0.25, 0.3) is 11.4 Å². The lowest BCUT2D eigenvalue weighted by Crippen LogP contribution is -2.39. The lowest BCUT2D eigenvalue weighted by Gasteiger charge is -2.28. The Bertz CT molecular complexity index is 1010. The molecule has 0 saturated heterocycles. The summed E-state index contributed by atoms with van der Waals surface area (Å²) in [5.41, 5.74) is 1.38. The molecule has 1 heterocycles. The number of nitrogens with zero attached hydrogens (tertiary/aromatic N) is 3. The van der Waals surface area contributed by atoms with Crippen molar-refractivity contribution in [1.82, 2.24) is 15.0 Å². The second-order valence-corrected chi connectivity index (χ2v) is 7.46. The van der Waals surface area contributed by atoms with Gasteiger partial charge in [-0.1, -0.05) is 41.9 Å². The molecule has 1 atom stereocenters. The number of carbonyl (C=O) groups excluding carboxylic acids is 1. The molecule has 8 heteroatoms. The summed E-state index contributed by atoms with van der Waals surface area (Å²) in [6, 6.07) is 11.9. The van der Waals surface area contributed by atoms with Gasteiger partial charge in [0, 0.05) is 30.1 Å². The Balaban J connectivity index is 1.72. The molecule has 0 fully saturated rings. The molecule has 31 heavy (non-hydrogen) atoms. The van der Waals surface area contributed by atoms with Crippen LogP contribution in [0.3, 0.4) is 0 Å². The van der Waals surface area contributed by atoms with Crippen LogP contribution in [0.2, 0.25) is 0 Å². The maximum atomic E-state index is 13.0. The lowest BCUT2D eigenvalue weighted by atomic mass is 10.1. The van der Waals surface area contributed by atoms with E-state index in [1.807, 2.05) is 45.0 Å². The quantitative estimate of drug-likeness (QED) is 0.492. The third kappa shape index (κ3) is 5.51. The third-order valence-corrected chi connectivity index (χ3v) is 5.19.